The van der Waals surface area contributed by atoms with Crippen LogP contribution in [-0.2, 0) is 14.8 Å². The van der Waals surface area contributed by atoms with Crippen molar-refractivity contribution >= 4 is 33.6 Å². The van der Waals surface area contributed by atoms with Gasteiger partial charge in [0, 0.05) is 11.6 Å². The molecule has 3 rings (SSSR count). The van der Waals surface area contributed by atoms with Crippen molar-refractivity contribution < 1.29 is 38.1 Å². The lowest BCUT2D eigenvalue weighted by atomic mass is 10.2. The van der Waals surface area contributed by atoms with Crippen molar-refractivity contribution in [3.8, 4) is 11.5 Å². The van der Waals surface area contributed by atoms with Gasteiger partial charge in [-0.3, -0.25) is 0 Å². The number of carboxylic acid groups (broad SMARTS) is 1. The SMILES string of the molecule is O=C(O)c1ccccc1O.O=C(OCCNS(=O)(=O)c1ccc(Cl)cc1)c1ccc(O)cc1. The minimum Gasteiger partial charge on any atom is -0.508 e. The number of halogens is 1. The molecule has 0 aliphatic carbocycles. The second-order valence-corrected chi connectivity index (χ2v) is 8.56. The van der Waals surface area contributed by atoms with Gasteiger partial charge < -0.3 is 20.1 Å². The number of carbonyl (C=O) groups excluding carboxylic acids is 1. The number of ether oxygens (including phenoxy) is 1. The normalized spacial score (nSPS) is 10.6. The van der Waals surface area contributed by atoms with E-state index in [0.717, 1.165) is 0 Å². The summed E-state index contributed by atoms with van der Waals surface area (Å²) in [5.74, 6) is -1.87. The number of rotatable bonds is 7. The fourth-order valence-electron chi connectivity index (χ4n) is 2.35. The van der Waals surface area contributed by atoms with E-state index in [1.165, 1.54) is 60.7 Å². The highest BCUT2D eigenvalue weighted by atomic mass is 35.5. The number of para-hydroxylation sites is 1. The molecule has 0 radical (unpaired) electrons. The van der Waals surface area contributed by atoms with E-state index < -0.39 is 22.0 Å². The molecule has 4 N–H and O–H groups in total. The largest absolute Gasteiger partial charge is 0.508 e. The Bertz CT molecular complexity index is 1200. The second kappa shape index (κ2) is 11.9. The molecule has 0 heterocycles. The van der Waals surface area contributed by atoms with Crippen molar-refractivity contribution in [3.63, 3.8) is 0 Å². The number of carboxylic acids is 1. The zero-order valence-electron chi connectivity index (χ0n) is 17.0. The molecule has 3 aromatic carbocycles. The summed E-state index contributed by atoms with van der Waals surface area (Å²) >= 11 is 5.70. The first-order chi connectivity index (χ1) is 15.6. The summed E-state index contributed by atoms with van der Waals surface area (Å²) in [7, 11) is -3.68. The topological polar surface area (TPSA) is 150 Å². The summed E-state index contributed by atoms with van der Waals surface area (Å²) in [6.45, 7) is -0.179. The summed E-state index contributed by atoms with van der Waals surface area (Å²) in [4.78, 5) is 22.0. The lowest BCUT2D eigenvalue weighted by Gasteiger charge is -2.08. The molecule has 0 saturated heterocycles. The number of carbonyl (C=O) groups is 2. The number of phenols is 2. The molecule has 0 aromatic heterocycles. The first kappa shape index (κ1) is 25.7. The van der Waals surface area contributed by atoms with Crippen molar-refractivity contribution in [1.82, 2.24) is 4.72 Å². The van der Waals surface area contributed by atoms with Crippen LogP contribution in [-0.4, -0.2) is 48.8 Å². The Morgan fingerprint density at radius 1 is 0.909 bits per heavy atom. The zero-order chi connectivity index (χ0) is 24.4. The van der Waals surface area contributed by atoms with Gasteiger partial charge in [0.1, 0.15) is 23.7 Å². The average Bonchev–Trinajstić information content (AvgIpc) is 2.78. The molecular formula is C22H20ClNO8S. The Morgan fingerprint density at radius 2 is 1.52 bits per heavy atom. The van der Waals surface area contributed by atoms with Crippen LogP contribution in [0.3, 0.4) is 0 Å². The fraction of sp³-hybridized carbons (Fsp3) is 0.0909. The van der Waals surface area contributed by atoms with Crippen molar-refractivity contribution in [2.45, 2.75) is 4.90 Å². The van der Waals surface area contributed by atoms with Crippen LogP contribution in [0.1, 0.15) is 20.7 Å². The number of hydrogen-bond donors (Lipinski definition) is 4. The number of esters is 1. The number of phenolic OH excluding ortho intramolecular Hbond substituents is 1. The summed E-state index contributed by atoms with van der Waals surface area (Å²) < 4.78 is 31.2. The first-order valence-electron chi connectivity index (χ1n) is 9.33. The second-order valence-electron chi connectivity index (χ2n) is 6.36. The van der Waals surface area contributed by atoms with Gasteiger partial charge in [-0.2, -0.15) is 0 Å². The molecular weight excluding hydrogens is 474 g/mol. The molecule has 9 nitrogen and oxygen atoms in total. The van der Waals surface area contributed by atoms with E-state index in [-0.39, 0.29) is 40.7 Å². The van der Waals surface area contributed by atoms with Crippen LogP contribution in [0.15, 0.2) is 77.7 Å². The molecule has 0 bridgehead atoms. The summed E-state index contributed by atoms with van der Waals surface area (Å²) in [5.41, 5.74) is 0.200. The van der Waals surface area contributed by atoms with E-state index in [2.05, 4.69) is 4.72 Å². The van der Waals surface area contributed by atoms with Gasteiger partial charge in [-0.1, -0.05) is 23.7 Å². The quantitative estimate of drug-likeness (QED) is 0.289. The monoisotopic (exact) mass is 493 g/mol. The van der Waals surface area contributed by atoms with Crippen LogP contribution < -0.4 is 4.72 Å². The summed E-state index contributed by atoms with van der Waals surface area (Å²) in [5, 5.41) is 26.9. The molecule has 11 heteroatoms. The van der Waals surface area contributed by atoms with E-state index in [1.807, 2.05) is 0 Å². The minimum atomic E-state index is -3.68. The summed E-state index contributed by atoms with van der Waals surface area (Å²) in [6, 6.07) is 17.1. The Labute approximate surface area is 194 Å². The Kier molecular flexibility index (Phi) is 9.22. The molecule has 174 valence electrons. The van der Waals surface area contributed by atoms with Crippen LogP contribution in [0, 0.1) is 0 Å². The molecule has 0 atom stereocenters. The number of nitrogens with one attached hydrogen (secondary N) is 1. The number of benzene rings is 3. The molecule has 3 aromatic rings. The highest BCUT2D eigenvalue weighted by molar-refractivity contribution is 7.89. The predicted molar refractivity (Wildman–Crippen MR) is 120 cm³/mol. The smallest absolute Gasteiger partial charge is 0.339 e. The maximum atomic E-state index is 12.0. The van der Waals surface area contributed by atoms with Gasteiger partial charge in [0.25, 0.3) is 0 Å². The van der Waals surface area contributed by atoms with Crippen LogP contribution >= 0.6 is 11.6 Å². The predicted octanol–water partition coefficient (Wildman–Crippen LogP) is 3.27. The van der Waals surface area contributed by atoms with E-state index in [9.17, 15) is 18.0 Å². The van der Waals surface area contributed by atoms with Gasteiger partial charge in [0.05, 0.1) is 10.5 Å². The Balaban J connectivity index is 0.000000321. The molecule has 33 heavy (non-hydrogen) atoms. The third-order valence-electron chi connectivity index (χ3n) is 3.99. The van der Waals surface area contributed by atoms with Crippen LogP contribution in [0.2, 0.25) is 5.02 Å². The number of hydrogen-bond acceptors (Lipinski definition) is 7. The molecule has 0 saturated carbocycles. The van der Waals surface area contributed by atoms with Crippen molar-refractivity contribution in [3.05, 3.63) is 88.9 Å². The lowest BCUT2D eigenvalue weighted by molar-refractivity contribution is 0.0512. The fourth-order valence-corrected chi connectivity index (χ4v) is 3.49. The standard InChI is InChI=1S/C15H14ClNO5S.C7H6O3/c16-12-3-7-14(8-4-12)23(20,21)17-9-10-22-15(19)11-1-5-13(18)6-2-11;8-6-4-2-1-3-5(6)7(9)10/h1-8,17-18H,9-10H2;1-4,8H,(H,9,10). The van der Waals surface area contributed by atoms with Crippen molar-refractivity contribution in [1.29, 1.82) is 0 Å². The molecule has 0 spiro atoms. The van der Waals surface area contributed by atoms with Gasteiger partial charge in [-0.25, -0.2) is 22.7 Å². The van der Waals surface area contributed by atoms with Gasteiger partial charge >= 0.3 is 11.9 Å². The van der Waals surface area contributed by atoms with Crippen molar-refractivity contribution in [2.75, 3.05) is 13.2 Å². The third kappa shape index (κ3) is 8.11. The van der Waals surface area contributed by atoms with Crippen molar-refractivity contribution in [2.24, 2.45) is 0 Å². The highest BCUT2D eigenvalue weighted by Crippen LogP contribution is 2.15. The molecule has 0 aliphatic rings. The van der Waals surface area contributed by atoms with Crippen LogP contribution in [0.5, 0.6) is 11.5 Å². The van der Waals surface area contributed by atoms with Gasteiger partial charge in [-0.15, -0.1) is 0 Å². The first-order valence-corrected chi connectivity index (χ1v) is 11.2. The zero-order valence-corrected chi connectivity index (χ0v) is 18.6. The average molecular weight is 494 g/mol. The summed E-state index contributed by atoms with van der Waals surface area (Å²) in [6.07, 6.45) is 0. The number of aromatic carboxylic acids is 1. The van der Waals surface area contributed by atoms with E-state index in [0.29, 0.717) is 5.02 Å². The van der Waals surface area contributed by atoms with Crippen LogP contribution in [0.25, 0.3) is 0 Å². The molecule has 0 amide bonds. The van der Waals surface area contributed by atoms with Gasteiger partial charge in [-0.05, 0) is 60.7 Å². The van der Waals surface area contributed by atoms with Gasteiger partial charge in [0.15, 0.2) is 0 Å². The third-order valence-corrected chi connectivity index (χ3v) is 5.72. The Hall–Kier alpha value is -3.60. The van der Waals surface area contributed by atoms with Crippen LogP contribution in [0.4, 0.5) is 0 Å². The minimum absolute atomic E-state index is 0.0391. The lowest BCUT2D eigenvalue weighted by Crippen LogP contribution is -2.28. The molecule has 0 aliphatic heterocycles. The number of aromatic hydroxyl groups is 2. The molecule has 0 fully saturated rings. The highest BCUT2D eigenvalue weighted by Gasteiger charge is 2.14. The van der Waals surface area contributed by atoms with E-state index in [1.54, 1.807) is 12.1 Å². The maximum Gasteiger partial charge on any atom is 0.339 e. The Morgan fingerprint density at radius 3 is 2.06 bits per heavy atom. The maximum absolute atomic E-state index is 12.0. The van der Waals surface area contributed by atoms with E-state index in [4.69, 9.17) is 31.7 Å². The van der Waals surface area contributed by atoms with E-state index >= 15 is 0 Å². The number of sulfonamides is 1. The molecule has 0 unspecified atom stereocenters. The van der Waals surface area contributed by atoms with Gasteiger partial charge in [0.2, 0.25) is 10.0 Å².